The third-order valence-corrected chi connectivity index (χ3v) is 4.86. The molecule has 3 heterocycles. The minimum atomic E-state index is 0.0601. The van der Waals surface area contributed by atoms with E-state index in [0.717, 1.165) is 41.8 Å². The van der Waals surface area contributed by atoms with Gasteiger partial charge in [0.1, 0.15) is 5.76 Å². The molecular formula is C17H26N4O2S2. The first-order valence-corrected chi connectivity index (χ1v) is 9.61. The third-order valence-electron chi connectivity index (χ3n) is 3.75. The van der Waals surface area contributed by atoms with E-state index >= 15 is 0 Å². The Morgan fingerprint density at radius 2 is 2.16 bits per heavy atom. The maximum atomic E-state index is 11.8. The van der Waals surface area contributed by atoms with Crippen LogP contribution in [0.5, 0.6) is 0 Å². The molecule has 138 valence electrons. The van der Waals surface area contributed by atoms with Gasteiger partial charge in [-0.25, -0.2) is 9.97 Å². The average molecular weight is 383 g/mol. The fourth-order valence-corrected chi connectivity index (χ4v) is 3.19. The molecule has 25 heavy (non-hydrogen) atoms. The highest BCUT2D eigenvalue weighted by Gasteiger charge is 2.21. The molecule has 1 saturated heterocycles. The number of anilines is 1. The molecule has 1 amide bonds. The van der Waals surface area contributed by atoms with Crippen LogP contribution in [0.25, 0.3) is 0 Å². The average Bonchev–Trinajstić information content (AvgIpc) is 3.17. The quantitative estimate of drug-likeness (QED) is 0.691. The number of nitrogens with zero attached hydrogens (tertiary/aromatic N) is 2. The van der Waals surface area contributed by atoms with E-state index < -0.39 is 0 Å². The molecule has 3 rings (SSSR count). The summed E-state index contributed by atoms with van der Waals surface area (Å²) in [6.45, 7) is 9.95. The molecule has 1 unspecified atom stereocenters. The lowest BCUT2D eigenvalue weighted by Gasteiger charge is -2.21. The highest BCUT2D eigenvalue weighted by atomic mass is 32.2. The summed E-state index contributed by atoms with van der Waals surface area (Å²) in [5.74, 6) is 1.82. The van der Waals surface area contributed by atoms with Gasteiger partial charge < -0.3 is 15.1 Å². The highest BCUT2D eigenvalue weighted by Crippen LogP contribution is 2.23. The molecule has 0 radical (unpaired) electrons. The van der Waals surface area contributed by atoms with Crippen LogP contribution in [0.1, 0.15) is 45.3 Å². The number of aromatic nitrogens is 2. The fraction of sp³-hybridized carbons (Fsp3) is 0.588. The Balaban J connectivity index is 0.000000196. The largest absolute Gasteiger partial charge is 0.445 e. The Morgan fingerprint density at radius 3 is 2.60 bits per heavy atom. The van der Waals surface area contributed by atoms with E-state index in [0.29, 0.717) is 5.13 Å². The Labute approximate surface area is 158 Å². The molecule has 1 aliphatic rings. The Hall–Kier alpha value is -1.38. The van der Waals surface area contributed by atoms with Crippen LogP contribution in [0, 0.1) is 12.8 Å². The van der Waals surface area contributed by atoms with E-state index in [1.54, 1.807) is 12.4 Å². The molecule has 8 heteroatoms. The van der Waals surface area contributed by atoms with E-state index in [9.17, 15) is 4.79 Å². The first-order valence-electron chi connectivity index (χ1n) is 8.35. The number of oxazole rings is 1. The number of hydrogen-bond acceptors (Lipinski definition) is 7. The second kappa shape index (κ2) is 8.82. The summed E-state index contributed by atoms with van der Waals surface area (Å²) in [4.78, 5) is 19.8. The van der Waals surface area contributed by atoms with Gasteiger partial charge in [0, 0.05) is 18.9 Å². The number of carbonyl (C=O) groups is 1. The van der Waals surface area contributed by atoms with Crippen LogP contribution in [0.4, 0.5) is 5.13 Å². The van der Waals surface area contributed by atoms with Crippen LogP contribution in [-0.2, 0) is 10.2 Å². The van der Waals surface area contributed by atoms with Crippen molar-refractivity contribution in [2.75, 3.05) is 18.4 Å². The number of carbonyl (C=O) groups excluding carboxylic acids is 1. The SMILES string of the molecule is Cc1ncc(C(C)(C)C)o1.O=C(Nc1ncc(S)s1)C1CCCNC1. The lowest BCUT2D eigenvalue weighted by atomic mass is 9.94. The van der Waals surface area contributed by atoms with Gasteiger partial charge in [-0.2, -0.15) is 0 Å². The van der Waals surface area contributed by atoms with E-state index in [4.69, 9.17) is 4.42 Å². The minimum absolute atomic E-state index is 0.0601. The van der Waals surface area contributed by atoms with Crippen molar-refractivity contribution in [1.82, 2.24) is 15.3 Å². The predicted octanol–water partition coefficient (Wildman–Crippen LogP) is 3.65. The van der Waals surface area contributed by atoms with Crippen LogP contribution >= 0.6 is 24.0 Å². The molecule has 2 aromatic heterocycles. The van der Waals surface area contributed by atoms with Crippen LogP contribution in [-0.4, -0.2) is 29.0 Å². The van der Waals surface area contributed by atoms with Crippen LogP contribution in [0.2, 0.25) is 0 Å². The summed E-state index contributed by atoms with van der Waals surface area (Å²) in [5.41, 5.74) is 0.0846. The van der Waals surface area contributed by atoms with Crippen LogP contribution < -0.4 is 10.6 Å². The second-order valence-electron chi connectivity index (χ2n) is 7.03. The maximum Gasteiger partial charge on any atom is 0.230 e. The number of aryl methyl sites for hydroxylation is 1. The number of piperidine rings is 1. The fourth-order valence-electron chi connectivity index (χ4n) is 2.31. The third kappa shape index (κ3) is 6.45. The number of amides is 1. The van der Waals surface area contributed by atoms with Crippen LogP contribution in [0.3, 0.4) is 0 Å². The van der Waals surface area contributed by atoms with Gasteiger partial charge >= 0.3 is 0 Å². The number of hydrogen-bond donors (Lipinski definition) is 3. The summed E-state index contributed by atoms with van der Waals surface area (Å²) in [6, 6.07) is 0. The minimum Gasteiger partial charge on any atom is -0.445 e. The van der Waals surface area contributed by atoms with Gasteiger partial charge in [0.25, 0.3) is 0 Å². The zero-order valence-electron chi connectivity index (χ0n) is 15.1. The molecule has 2 N–H and O–H groups in total. The zero-order chi connectivity index (χ0) is 18.4. The number of rotatable bonds is 2. The summed E-state index contributed by atoms with van der Waals surface area (Å²) in [7, 11) is 0. The smallest absolute Gasteiger partial charge is 0.230 e. The molecule has 1 atom stereocenters. The van der Waals surface area contributed by atoms with Crippen molar-refractivity contribution in [2.24, 2.45) is 5.92 Å². The zero-order valence-corrected chi connectivity index (χ0v) is 16.8. The van der Waals surface area contributed by atoms with Gasteiger partial charge in [0.2, 0.25) is 5.91 Å². The topological polar surface area (TPSA) is 80.1 Å². The van der Waals surface area contributed by atoms with Gasteiger partial charge in [0.15, 0.2) is 11.0 Å². The van der Waals surface area contributed by atoms with E-state index in [1.807, 2.05) is 6.92 Å². The monoisotopic (exact) mass is 382 g/mol. The molecule has 0 spiro atoms. The summed E-state index contributed by atoms with van der Waals surface area (Å²) < 4.78 is 6.15. The van der Waals surface area contributed by atoms with Gasteiger partial charge in [-0.15, -0.1) is 12.6 Å². The van der Waals surface area contributed by atoms with E-state index in [1.165, 1.54) is 11.3 Å². The lowest BCUT2D eigenvalue weighted by molar-refractivity contribution is -0.120. The van der Waals surface area contributed by atoms with Gasteiger partial charge in [-0.3, -0.25) is 4.79 Å². The summed E-state index contributed by atoms with van der Waals surface area (Å²) >= 11 is 5.53. The number of thiol groups is 1. The van der Waals surface area contributed by atoms with Crippen molar-refractivity contribution in [1.29, 1.82) is 0 Å². The first-order chi connectivity index (χ1) is 11.8. The Bertz CT molecular complexity index is 685. The van der Waals surface area contributed by atoms with Crippen molar-refractivity contribution in [3.63, 3.8) is 0 Å². The molecular weight excluding hydrogens is 356 g/mol. The van der Waals surface area contributed by atoms with Crippen molar-refractivity contribution < 1.29 is 9.21 Å². The van der Waals surface area contributed by atoms with Gasteiger partial charge in [0.05, 0.1) is 22.5 Å². The number of thiazole rings is 1. The van der Waals surface area contributed by atoms with Crippen molar-refractivity contribution >= 4 is 35.0 Å². The lowest BCUT2D eigenvalue weighted by Crippen LogP contribution is -2.37. The van der Waals surface area contributed by atoms with Crippen molar-refractivity contribution in [2.45, 2.75) is 50.2 Å². The predicted molar refractivity (Wildman–Crippen MR) is 104 cm³/mol. The van der Waals surface area contributed by atoms with E-state index in [2.05, 4.69) is 54.0 Å². The van der Waals surface area contributed by atoms with E-state index in [-0.39, 0.29) is 17.2 Å². The van der Waals surface area contributed by atoms with Crippen LogP contribution in [0.15, 0.2) is 21.0 Å². The molecule has 1 aliphatic heterocycles. The van der Waals surface area contributed by atoms with Gasteiger partial charge in [-0.1, -0.05) is 32.1 Å². The van der Waals surface area contributed by atoms with Crippen molar-refractivity contribution in [3.8, 4) is 0 Å². The maximum absolute atomic E-state index is 11.8. The Kier molecular flexibility index (Phi) is 7.04. The second-order valence-corrected chi connectivity index (χ2v) is 8.84. The highest BCUT2D eigenvalue weighted by molar-refractivity contribution is 7.83. The Morgan fingerprint density at radius 1 is 1.40 bits per heavy atom. The molecule has 0 aliphatic carbocycles. The normalized spacial score (nSPS) is 17.6. The van der Waals surface area contributed by atoms with Crippen molar-refractivity contribution in [3.05, 3.63) is 24.0 Å². The first kappa shape index (κ1) is 19.9. The van der Waals surface area contributed by atoms with Gasteiger partial charge in [-0.05, 0) is 19.4 Å². The standard InChI is InChI=1S/C9H13N3OS2.C8H13NO/c13-8(6-2-1-3-10-4-6)12-9-11-5-7(14)15-9;1-6-9-5-7(10-6)8(2,3)4/h5-6,10,14H,1-4H2,(H,11,12,13);5H,1-4H3. The number of nitrogens with one attached hydrogen (secondary N) is 2. The molecule has 0 bridgehead atoms. The molecule has 0 saturated carbocycles. The molecule has 0 aromatic carbocycles. The molecule has 2 aromatic rings. The summed E-state index contributed by atoms with van der Waals surface area (Å²) in [5, 5.41) is 6.66. The summed E-state index contributed by atoms with van der Waals surface area (Å²) in [6.07, 6.45) is 5.45. The molecule has 1 fully saturated rings. The molecule has 6 nitrogen and oxygen atoms in total.